The van der Waals surface area contributed by atoms with Gasteiger partial charge in [0.1, 0.15) is 0 Å². The standard InChI is InChI=1S/C14H22N2/c1-12(10-13-4-2-5-13)16-9-7-14-6-3-8-15-11-14/h3,6,8,11-13,16H,2,4-5,7,9-10H2,1H3. The second-order valence-electron chi connectivity index (χ2n) is 5.00. The largest absolute Gasteiger partial charge is 0.314 e. The Labute approximate surface area is 98.5 Å². The summed E-state index contributed by atoms with van der Waals surface area (Å²) in [6.45, 7) is 3.38. The Morgan fingerprint density at radius 3 is 3.00 bits per heavy atom. The number of hydrogen-bond acceptors (Lipinski definition) is 2. The molecular weight excluding hydrogens is 196 g/mol. The van der Waals surface area contributed by atoms with Crippen molar-refractivity contribution in [1.82, 2.24) is 10.3 Å². The molecule has 88 valence electrons. The molecule has 1 atom stereocenters. The first-order chi connectivity index (χ1) is 7.84. The Hall–Kier alpha value is -0.890. The van der Waals surface area contributed by atoms with Crippen LogP contribution < -0.4 is 5.32 Å². The van der Waals surface area contributed by atoms with Crippen molar-refractivity contribution in [3.8, 4) is 0 Å². The van der Waals surface area contributed by atoms with Gasteiger partial charge in [0.05, 0.1) is 0 Å². The van der Waals surface area contributed by atoms with Crippen molar-refractivity contribution in [2.45, 2.75) is 45.1 Å². The molecule has 1 aliphatic carbocycles. The normalized spacial score (nSPS) is 18.1. The lowest BCUT2D eigenvalue weighted by atomic mass is 9.81. The molecule has 0 radical (unpaired) electrons. The molecule has 2 nitrogen and oxygen atoms in total. The zero-order chi connectivity index (χ0) is 11.2. The van der Waals surface area contributed by atoms with Crippen molar-refractivity contribution in [3.63, 3.8) is 0 Å². The van der Waals surface area contributed by atoms with E-state index in [2.05, 4.69) is 23.3 Å². The van der Waals surface area contributed by atoms with E-state index in [1.54, 1.807) is 0 Å². The molecule has 0 aliphatic heterocycles. The number of nitrogens with one attached hydrogen (secondary N) is 1. The summed E-state index contributed by atoms with van der Waals surface area (Å²) in [6, 6.07) is 4.82. The fourth-order valence-electron chi connectivity index (χ4n) is 2.32. The van der Waals surface area contributed by atoms with Gasteiger partial charge in [-0.25, -0.2) is 0 Å². The van der Waals surface area contributed by atoms with Crippen LogP contribution in [-0.2, 0) is 6.42 Å². The smallest absolute Gasteiger partial charge is 0.0300 e. The molecular formula is C14H22N2. The summed E-state index contributed by atoms with van der Waals surface area (Å²) >= 11 is 0. The molecule has 0 amide bonds. The minimum Gasteiger partial charge on any atom is -0.314 e. The van der Waals surface area contributed by atoms with Crippen molar-refractivity contribution in [2.75, 3.05) is 6.54 Å². The van der Waals surface area contributed by atoms with Crippen molar-refractivity contribution in [1.29, 1.82) is 0 Å². The van der Waals surface area contributed by atoms with E-state index in [4.69, 9.17) is 0 Å². The minimum absolute atomic E-state index is 0.668. The quantitative estimate of drug-likeness (QED) is 0.794. The van der Waals surface area contributed by atoms with Gasteiger partial charge in [0, 0.05) is 18.4 Å². The van der Waals surface area contributed by atoms with Crippen LogP contribution in [0, 0.1) is 5.92 Å². The van der Waals surface area contributed by atoms with Crippen LogP contribution in [0.2, 0.25) is 0 Å². The zero-order valence-corrected chi connectivity index (χ0v) is 10.2. The van der Waals surface area contributed by atoms with Gasteiger partial charge in [0.2, 0.25) is 0 Å². The van der Waals surface area contributed by atoms with Gasteiger partial charge in [-0.2, -0.15) is 0 Å². The summed E-state index contributed by atoms with van der Waals surface area (Å²) in [7, 11) is 0. The van der Waals surface area contributed by atoms with Crippen LogP contribution in [0.4, 0.5) is 0 Å². The van der Waals surface area contributed by atoms with Crippen molar-refractivity contribution in [3.05, 3.63) is 30.1 Å². The fraction of sp³-hybridized carbons (Fsp3) is 0.643. The topological polar surface area (TPSA) is 24.9 Å². The van der Waals surface area contributed by atoms with E-state index >= 15 is 0 Å². The number of nitrogens with zero attached hydrogens (tertiary/aromatic N) is 1. The Bertz CT molecular complexity index is 293. The lowest BCUT2D eigenvalue weighted by Gasteiger charge is -2.28. The fourth-order valence-corrected chi connectivity index (χ4v) is 2.32. The Balaban J connectivity index is 1.60. The van der Waals surface area contributed by atoms with E-state index in [1.165, 1.54) is 31.2 Å². The molecule has 2 heteroatoms. The monoisotopic (exact) mass is 218 g/mol. The summed E-state index contributed by atoms with van der Waals surface area (Å²) in [5, 5.41) is 3.60. The van der Waals surface area contributed by atoms with E-state index in [1.807, 2.05) is 18.5 Å². The van der Waals surface area contributed by atoms with Crippen LogP contribution in [0.15, 0.2) is 24.5 Å². The van der Waals surface area contributed by atoms with Gasteiger partial charge >= 0.3 is 0 Å². The molecule has 1 aromatic rings. The van der Waals surface area contributed by atoms with Crippen molar-refractivity contribution < 1.29 is 0 Å². The van der Waals surface area contributed by atoms with Gasteiger partial charge in [-0.15, -0.1) is 0 Å². The third-order valence-corrected chi connectivity index (χ3v) is 3.54. The maximum atomic E-state index is 4.13. The van der Waals surface area contributed by atoms with E-state index < -0.39 is 0 Å². The number of pyridine rings is 1. The summed E-state index contributed by atoms with van der Waals surface area (Å²) in [5.74, 6) is 1.00. The summed E-state index contributed by atoms with van der Waals surface area (Å²) < 4.78 is 0. The number of rotatable bonds is 6. The van der Waals surface area contributed by atoms with E-state index in [0.29, 0.717) is 6.04 Å². The van der Waals surface area contributed by atoms with Crippen molar-refractivity contribution >= 4 is 0 Å². The van der Waals surface area contributed by atoms with E-state index in [-0.39, 0.29) is 0 Å². The molecule has 1 aliphatic rings. The van der Waals surface area contributed by atoms with Gasteiger partial charge in [0.15, 0.2) is 0 Å². The minimum atomic E-state index is 0.668. The highest BCUT2D eigenvalue weighted by molar-refractivity contribution is 5.08. The number of aromatic nitrogens is 1. The van der Waals surface area contributed by atoms with Crippen molar-refractivity contribution in [2.24, 2.45) is 5.92 Å². The third-order valence-electron chi connectivity index (χ3n) is 3.54. The van der Waals surface area contributed by atoms with Crippen LogP contribution in [0.3, 0.4) is 0 Å². The molecule has 1 aromatic heterocycles. The molecule has 1 N–H and O–H groups in total. The summed E-state index contributed by atoms with van der Waals surface area (Å²) in [4.78, 5) is 4.13. The van der Waals surface area contributed by atoms with Crippen LogP contribution in [0.1, 0.15) is 38.2 Å². The van der Waals surface area contributed by atoms with Gasteiger partial charge < -0.3 is 5.32 Å². The molecule has 0 bridgehead atoms. The first-order valence-corrected chi connectivity index (χ1v) is 6.47. The maximum absolute atomic E-state index is 4.13. The molecule has 16 heavy (non-hydrogen) atoms. The van der Waals surface area contributed by atoms with E-state index in [9.17, 15) is 0 Å². The van der Waals surface area contributed by atoms with Crippen LogP contribution in [0.5, 0.6) is 0 Å². The molecule has 0 saturated heterocycles. The molecule has 1 unspecified atom stereocenters. The zero-order valence-electron chi connectivity index (χ0n) is 10.2. The SMILES string of the molecule is CC(CC1CCC1)NCCc1cccnc1. The van der Waals surface area contributed by atoms with Gasteiger partial charge in [-0.1, -0.05) is 25.3 Å². The summed E-state index contributed by atoms with van der Waals surface area (Å²) in [6.07, 6.45) is 10.6. The second-order valence-corrected chi connectivity index (χ2v) is 5.00. The molecule has 0 spiro atoms. The van der Waals surface area contributed by atoms with Gasteiger partial charge in [0.25, 0.3) is 0 Å². The highest BCUT2D eigenvalue weighted by Gasteiger charge is 2.19. The Kier molecular flexibility index (Phi) is 4.34. The average Bonchev–Trinajstić information content (AvgIpc) is 2.25. The predicted molar refractivity (Wildman–Crippen MR) is 67.4 cm³/mol. The summed E-state index contributed by atoms with van der Waals surface area (Å²) in [5.41, 5.74) is 1.32. The second kappa shape index (κ2) is 6.00. The lowest BCUT2D eigenvalue weighted by Crippen LogP contribution is -2.31. The van der Waals surface area contributed by atoms with Crippen LogP contribution in [0.25, 0.3) is 0 Å². The molecule has 1 fully saturated rings. The van der Waals surface area contributed by atoms with E-state index in [0.717, 1.165) is 18.9 Å². The average molecular weight is 218 g/mol. The maximum Gasteiger partial charge on any atom is 0.0300 e. The number of hydrogen-bond donors (Lipinski definition) is 1. The lowest BCUT2D eigenvalue weighted by molar-refractivity contribution is 0.266. The Morgan fingerprint density at radius 1 is 1.50 bits per heavy atom. The first-order valence-electron chi connectivity index (χ1n) is 6.47. The predicted octanol–water partition coefficient (Wildman–Crippen LogP) is 2.79. The molecule has 1 saturated carbocycles. The van der Waals surface area contributed by atoms with Crippen LogP contribution in [-0.4, -0.2) is 17.6 Å². The highest BCUT2D eigenvalue weighted by atomic mass is 14.9. The highest BCUT2D eigenvalue weighted by Crippen LogP contribution is 2.30. The van der Waals surface area contributed by atoms with Gasteiger partial charge in [-0.3, -0.25) is 4.98 Å². The molecule has 2 rings (SSSR count). The first kappa shape index (κ1) is 11.6. The third kappa shape index (κ3) is 3.60. The van der Waals surface area contributed by atoms with Crippen LogP contribution >= 0.6 is 0 Å². The van der Waals surface area contributed by atoms with Gasteiger partial charge in [-0.05, 0) is 43.9 Å². The Morgan fingerprint density at radius 2 is 2.38 bits per heavy atom. The molecule has 0 aromatic carbocycles. The molecule has 1 heterocycles.